The number of amides is 1. The summed E-state index contributed by atoms with van der Waals surface area (Å²) >= 11 is 0. The molecule has 0 fully saturated rings. The number of carboxylic acids is 1. The molecule has 1 aromatic carbocycles. The van der Waals surface area contributed by atoms with Crippen molar-refractivity contribution in [1.29, 1.82) is 0 Å². The molecule has 1 amide bonds. The number of nitrogens with one attached hydrogen (secondary N) is 3. The van der Waals surface area contributed by atoms with Crippen LogP contribution in [-0.2, 0) is 31.1 Å². The molecule has 0 bridgehead atoms. The Bertz CT molecular complexity index is 767. The molecule has 0 saturated heterocycles. The summed E-state index contributed by atoms with van der Waals surface area (Å²) in [5.41, 5.74) is 0.419. The molecule has 0 aliphatic carbocycles. The molecule has 1 rings (SSSR count). The van der Waals surface area contributed by atoms with Gasteiger partial charge in [-0.3, -0.25) is 10.1 Å². The molecular weight excluding hydrogens is 366 g/mol. The summed E-state index contributed by atoms with van der Waals surface area (Å²) in [5, 5.41) is 10.9. The molecule has 0 aliphatic heterocycles. The summed E-state index contributed by atoms with van der Waals surface area (Å²) < 4.78 is 32.4. The largest absolute Gasteiger partial charge is 0.475 e. The quantitative estimate of drug-likeness (QED) is 0.477. The average Bonchev–Trinajstić information content (AvgIpc) is 2.50. The highest BCUT2D eigenvalue weighted by Gasteiger charge is 2.17. The Kier molecular flexibility index (Phi) is 7.24. The summed E-state index contributed by atoms with van der Waals surface area (Å²) in [6.07, 6.45) is -0.613. The first-order chi connectivity index (χ1) is 11.9. The number of hydrogen-bond donors (Lipinski definition) is 4. The van der Waals surface area contributed by atoms with E-state index in [1.807, 2.05) is 4.72 Å². The van der Waals surface area contributed by atoms with E-state index in [1.165, 1.54) is 0 Å². The monoisotopic (exact) mass is 387 g/mol. The van der Waals surface area contributed by atoms with E-state index >= 15 is 0 Å². The summed E-state index contributed by atoms with van der Waals surface area (Å²) in [6, 6.07) is 6.29. The van der Waals surface area contributed by atoms with Crippen molar-refractivity contribution in [3.05, 3.63) is 29.8 Å². The van der Waals surface area contributed by atoms with Gasteiger partial charge in [0.15, 0.2) is 0 Å². The molecule has 11 heteroatoms. The zero-order valence-electron chi connectivity index (χ0n) is 14.5. The third-order valence-electron chi connectivity index (χ3n) is 2.73. The maximum atomic E-state index is 11.6. The minimum absolute atomic E-state index is 0.0939. The molecule has 1 aromatic rings. The Morgan fingerprint density at radius 3 is 2.15 bits per heavy atom. The van der Waals surface area contributed by atoms with Crippen LogP contribution in [-0.4, -0.2) is 43.5 Å². The van der Waals surface area contributed by atoms with Crippen LogP contribution < -0.4 is 14.8 Å². The summed E-state index contributed by atoms with van der Waals surface area (Å²) in [6.45, 7) is 4.27. The van der Waals surface area contributed by atoms with E-state index in [0.717, 1.165) is 0 Å². The Morgan fingerprint density at radius 1 is 1.08 bits per heavy atom. The highest BCUT2D eigenvalue weighted by molar-refractivity contribution is 7.87. The van der Waals surface area contributed by atoms with Crippen molar-refractivity contribution < 1.29 is 32.6 Å². The van der Waals surface area contributed by atoms with Crippen LogP contribution in [0.1, 0.15) is 26.3 Å². The smallest absolute Gasteiger partial charge is 0.412 e. The van der Waals surface area contributed by atoms with E-state index in [0.29, 0.717) is 11.3 Å². The number of ether oxygens (including phenoxy) is 1. The fraction of sp³-hybridized carbons (Fsp3) is 0.400. The van der Waals surface area contributed by atoms with E-state index in [2.05, 4.69) is 10.0 Å². The second-order valence-electron chi connectivity index (χ2n) is 6.20. The van der Waals surface area contributed by atoms with Gasteiger partial charge in [-0.05, 0) is 38.5 Å². The van der Waals surface area contributed by atoms with Gasteiger partial charge in [-0.1, -0.05) is 12.1 Å². The minimum atomic E-state index is -4.03. The Balaban J connectivity index is 2.53. The number of ketones is 1. The zero-order chi connectivity index (χ0) is 20.0. The number of aliphatic carboxylic acids is 1. The van der Waals surface area contributed by atoms with Crippen molar-refractivity contribution in [2.45, 2.75) is 32.9 Å². The predicted octanol–water partition coefficient (Wildman–Crippen LogP) is 0.611. The van der Waals surface area contributed by atoms with Gasteiger partial charge in [0.25, 0.3) is 16.0 Å². The number of hydrogen-bond acceptors (Lipinski definition) is 6. The van der Waals surface area contributed by atoms with E-state index in [9.17, 15) is 22.8 Å². The highest BCUT2D eigenvalue weighted by atomic mass is 32.2. The molecule has 0 unspecified atom stereocenters. The number of carboxylic acid groups (broad SMARTS) is 1. The molecule has 0 radical (unpaired) electrons. The van der Waals surface area contributed by atoms with Gasteiger partial charge in [0.2, 0.25) is 0 Å². The van der Waals surface area contributed by atoms with Gasteiger partial charge >= 0.3 is 12.1 Å². The van der Waals surface area contributed by atoms with E-state index in [-0.39, 0.29) is 6.54 Å². The van der Waals surface area contributed by atoms with Crippen LogP contribution in [0.2, 0.25) is 0 Å². The van der Waals surface area contributed by atoms with Crippen LogP contribution in [0, 0.1) is 0 Å². The standard InChI is InChI=1S/C15H21N3O7S/c1-15(2,3)25-14(22)18-11-6-4-10(5-7-11)8-16-26(23,24)17-9-12(19)13(20)21/h4-7,16-17H,8-9H2,1-3H3,(H,18,22)(H,20,21). The van der Waals surface area contributed by atoms with E-state index in [4.69, 9.17) is 9.84 Å². The third kappa shape index (κ3) is 8.55. The van der Waals surface area contributed by atoms with Crippen LogP contribution in [0.4, 0.5) is 10.5 Å². The molecule has 4 N–H and O–H groups in total. The normalized spacial score (nSPS) is 11.7. The lowest BCUT2D eigenvalue weighted by Gasteiger charge is -2.19. The van der Waals surface area contributed by atoms with Crippen molar-refractivity contribution in [2.24, 2.45) is 0 Å². The number of carbonyl (C=O) groups excluding carboxylic acids is 2. The molecule has 0 atom stereocenters. The van der Waals surface area contributed by atoms with Crippen LogP contribution in [0.3, 0.4) is 0 Å². The topological polar surface area (TPSA) is 151 Å². The molecule has 144 valence electrons. The van der Waals surface area contributed by atoms with Crippen LogP contribution in [0.15, 0.2) is 24.3 Å². The molecule has 26 heavy (non-hydrogen) atoms. The lowest BCUT2D eigenvalue weighted by Crippen LogP contribution is -2.40. The van der Waals surface area contributed by atoms with Gasteiger partial charge in [0.05, 0.1) is 6.54 Å². The number of Topliss-reactive ketones (excluding diaryl/α,β-unsaturated/α-hetero) is 1. The van der Waals surface area contributed by atoms with Gasteiger partial charge < -0.3 is 9.84 Å². The fourth-order valence-corrected chi connectivity index (χ4v) is 2.37. The van der Waals surface area contributed by atoms with E-state index in [1.54, 1.807) is 45.0 Å². The van der Waals surface area contributed by atoms with Crippen LogP contribution >= 0.6 is 0 Å². The number of anilines is 1. The molecule has 0 heterocycles. The zero-order valence-corrected chi connectivity index (χ0v) is 15.3. The highest BCUT2D eigenvalue weighted by Crippen LogP contribution is 2.13. The summed E-state index contributed by atoms with van der Waals surface area (Å²) in [4.78, 5) is 32.9. The lowest BCUT2D eigenvalue weighted by molar-refractivity contribution is -0.148. The Morgan fingerprint density at radius 2 is 1.65 bits per heavy atom. The molecule has 0 saturated carbocycles. The van der Waals surface area contributed by atoms with Gasteiger partial charge in [-0.15, -0.1) is 0 Å². The first-order valence-electron chi connectivity index (χ1n) is 7.47. The molecule has 0 spiro atoms. The first kappa shape index (κ1) is 21.5. The first-order valence-corrected chi connectivity index (χ1v) is 8.95. The van der Waals surface area contributed by atoms with Crippen molar-refractivity contribution >= 4 is 33.7 Å². The van der Waals surface area contributed by atoms with Gasteiger partial charge in [-0.2, -0.15) is 17.9 Å². The molecule has 0 aromatic heterocycles. The lowest BCUT2D eigenvalue weighted by atomic mass is 10.2. The van der Waals surface area contributed by atoms with Crippen molar-refractivity contribution in [1.82, 2.24) is 9.44 Å². The predicted molar refractivity (Wildman–Crippen MR) is 92.7 cm³/mol. The maximum absolute atomic E-state index is 11.6. The fourth-order valence-electron chi connectivity index (χ4n) is 1.59. The second-order valence-corrected chi connectivity index (χ2v) is 7.78. The van der Waals surface area contributed by atoms with Gasteiger partial charge in [0, 0.05) is 12.2 Å². The van der Waals surface area contributed by atoms with Crippen molar-refractivity contribution in [3.63, 3.8) is 0 Å². The Labute approximate surface area is 151 Å². The number of benzene rings is 1. The Hall–Kier alpha value is -2.50. The third-order valence-corrected chi connectivity index (χ3v) is 3.78. The molecular formula is C15H21N3O7S. The van der Waals surface area contributed by atoms with Crippen LogP contribution in [0.25, 0.3) is 0 Å². The average molecular weight is 387 g/mol. The minimum Gasteiger partial charge on any atom is -0.475 e. The second kappa shape index (κ2) is 8.74. The molecule has 10 nitrogen and oxygen atoms in total. The SMILES string of the molecule is CC(C)(C)OC(=O)Nc1ccc(CNS(=O)(=O)NCC(=O)C(=O)O)cc1. The van der Waals surface area contributed by atoms with Crippen LogP contribution in [0.5, 0.6) is 0 Å². The van der Waals surface area contributed by atoms with Gasteiger partial charge in [0.1, 0.15) is 5.60 Å². The van der Waals surface area contributed by atoms with Crippen molar-refractivity contribution in [3.8, 4) is 0 Å². The maximum Gasteiger partial charge on any atom is 0.412 e. The summed E-state index contributed by atoms with van der Waals surface area (Å²) in [5.74, 6) is -2.99. The number of rotatable bonds is 8. The van der Waals surface area contributed by atoms with Gasteiger partial charge in [-0.25, -0.2) is 9.59 Å². The van der Waals surface area contributed by atoms with Crippen molar-refractivity contribution in [2.75, 3.05) is 11.9 Å². The van der Waals surface area contributed by atoms with E-state index < -0.39 is 40.2 Å². The number of carbonyl (C=O) groups is 3. The summed E-state index contributed by atoms with van der Waals surface area (Å²) in [7, 11) is -4.03. The molecule has 0 aliphatic rings.